The van der Waals surface area contributed by atoms with Gasteiger partial charge in [-0.1, -0.05) is 29.8 Å². The molecule has 2 aromatic carbocycles. The van der Waals surface area contributed by atoms with Crippen molar-refractivity contribution in [2.24, 2.45) is 0 Å². The maximum atomic E-state index is 12.7. The second-order valence-corrected chi connectivity index (χ2v) is 8.41. The molecule has 32 heavy (non-hydrogen) atoms. The molecular formula is C25H27N3O4. The van der Waals surface area contributed by atoms with Gasteiger partial charge < -0.3 is 10.2 Å². The number of aryl methyl sites for hydroxylation is 1. The molecule has 166 valence electrons. The molecule has 4 rings (SSSR count). The molecule has 7 nitrogen and oxygen atoms in total. The van der Waals surface area contributed by atoms with E-state index in [1.165, 1.54) is 4.90 Å². The summed E-state index contributed by atoms with van der Waals surface area (Å²) in [5.74, 6) is -0.655. The van der Waals surface area contributed by atoms with E-state index in [-0.39, 0.29) is 42.6 Å². The molecule has 1 saturated heterocycles. The van der Waals surface area contributed by atoms with Gasteiger partial charge in [0.15, 0.2) is 0 Å². The molecule has 0 atom stereocenters. The Morgan fingerprint density at radius 3 is 2.25 bits per heavy atom. The first-order chi connectivity index (χ1) is 15.4. The summed E-state index contributed by atoms with van der Waals surface area (Å²) in [4.78, 5) is 52.8. The number of hydrogen-bond donors (Lipinski definition) is 1. The van der Waals surface area contributed by atoms with E-state index in [1.807, 2.05) is 36.1 Å². The van der Waals surface area contributed by atoms with Crippen molar-refractivity contribution in [3.63, 3.8) is 0 Å². The van der Waals surface area contributed by atoms with Gasteiger partial charge in [-0.05, 0) is 50.5 Å². The molecule has 2 aromatic rings. The molecule has 2 aliphatic heterocycles. The van der Waals surface area contributed by atoms with Gasteiger partial charge in [-0.3, -0.25) is 24.1 Å². The second kappa shape index (κ2) is 9.34. The van der Waals surface area contributed by atoms with Gasteiger partial charge >= 0.3 is 0 Å². The first-order valence-corrected chi connectivity index (χ1v) is 11.0. The normalized spacial score (nSPS) is 16.3. The molecule has 0 unspecified atom stereocenters. The van der Waals surface area contributed by atoms with Gasteiger partial charge in [-0.2, -0.15) is 0 Å². The third-order valence-electron chi connectivity index (χ3n) is 6.08. The number of benzene rings is 2. The Kier molecular flexibility index (Phi) is 6.35. The van der Waals surface area contributed by atoms with Gasteiger partial charge in [0.2, 0.25) is 5.91 Å². The molecule has 2 heterocycles. The fourth-order valence-electron chi connectivity index (χ4n) is 4.33. The van der Waals surface area contributed by atoms with Gasteiger partial charge in [-0.15, -0.1) is 0 Å². The number of fused-ring (bicyclic) bond motifs is 1. The van der Waals surface area contributed by atoms with Crippen molar-refractivity contribution >= 4 is 23.6 Å². The number of nitrogens with one attached hydrogen (secondary N) is 1. The summed E-state index contributed by atoms with van der Waals surface area (Å²) in [5.41, 5.74) is 2.60. The minimum Gasteiger partial charge on any atom is -0.353 e. The van der Waals surface area contributed by atoms with Crippen LogP contribution in [0.4, 0.5) is 0 Å². The highest BCUT2D eigenvalue weighted by atomic mass is 16.2. The molecule has 0 radical (unpaired) electrons. The Morgan fingerprint density at radius 2 is 1.62 bits per heavy atom. The number of rotatable bonds is 6. The molecule has 0 saturated carbocycles. The van der Waals surface area contributed by atoms with Gasteiger partial charge in [0.1, 0.15) is 0 Å². The number of hydrogen-bond acceptors (Lipinski definition) is 4. The summed E-state index contributed by atoms with van der Waals surface area (Å²) in [7, 11) is 0. The van der Waals surface area contributed by atoms with E-state index in [0.717, 1.165) is 5.56 Å². The average molecular weight is 434 g/mol. The molecule has 1 fully saturated rings. The van der Waals surface area contributed by atoms with E-state index in [2.05, 4.69) is 5.32 Å². The van der Waals surface area contributed by atoms with Crippen molar-refractivity contribution in [3.8, 4) is 0 Å². The maximum absolute atomic E-state index is 12.7. The molecule has 0 spiro atoms. The summed E-state index contributed by atoms with van der Waals surface area (Å²) >= 11 is 0. The summed E-state index contributed by atoms with van der Waals surface area (Å²) in [6.45, 7) is 3.40. The lowest BCUT2D eigenvalue weighted by Gasteiger charge is -2.32. The van der Waals surface area contributed by atoms with E-state index >= 15 is 0 Å². The Hall–Kier alpha value is -3.48. The predicted molar refractivity (Wildman–Crippen MR) is 119 cm³/mol. The number of carbonyl (C=O) groups excluding carboxylic acids is 4. The van der Waals surface area contributed by atoms with Crippen LogP contribution in [0.1, 0.15) is 62.3 Å². The van der Waals surface area contributed by atoms with Crippen molar-refractivity contribution in [1.82, 2.24) is 15.1 Å². The summed E-state index contributed by atoms with van der Waals surface area (Å²) in [6.07, 6.45) is 2.08. The first-order valence-electron chi connectivity index (χ1n) is 11.0. The van der Waals surface area contributed by atoms with Crippen molar-refractivity contribution in [1.29, 1.82) is 0 Å². The largest absolute Gasteiger partial charge is 0.353 e. The Balaban J connectivity index is 1.20. The van der Waals surface area contributed by atoms with Crippen LogP contribution in [0, 0.1) is 6.92 Å². The molecule has 1 N–H and O–H groups in total. The summed E-state index contributed by atoms with van der Waals surface area (Å²) < 4.78 is 0. The van der Waals surface area contributed by atoms with Crippen molar-refractivity contribution in [2.45, 2.75) is 38.6 Å². The molecular weight excluding hydrogens is 406 g/mol. The standard InChI is InChI=1S/C25H27N3O4/c1-17-6-4-7-18(16-17)23(30)27-14-11-19(12-15-27)26-22(29)10-5-13-28-24(31)20-8-2-3-9-21(20)25(28)32/h2-4,6-9,16,19H,5,10-15H2,1H3,(H,26,29). The zero-order valence-corrected chi connectivity index (χ0v) is 18.2. The Morgan fingerprint density at radius 1 is 0.969 bits per heavy atom. The Labute approximate surface area is 187 Å². The van der Waals surface area contributed by atoms with Crippen LogP contribution in [0.25, 0.3) is 0 Å². The number of likely N-dealkylation sites (tertiary alicyclic amines) is 1. The molecule has 2 aliphatic rings. The van der Waals surface area contributed by atoms with Crippen LogP contribution in [-0.2, 0) is 4.79 Å². The van der Waals surface area contributed by atoms with E-state index in [4.69, 9.17) is 0 Å². The third kappa shape index (κ3) is 4.56. The van der Waals surface area contributed by atoms with Crippen LogP contribution < -0.4 is 5.32 Å². The van der Waals surface area contributed by atoms with Crippen LogP contribution in [-0.4, -0.2) is 59.1 Å². The third-order valence-corrected chi connectivity index (χ3v) is 6.08. The number of nitrogens with zero attached hydrogens (tertiary/aromatic N) is 2. The van der Waals surface area contributed by atoms with Crippen molar-refractivity contribution < 1.29 is 19.2 Å². The van der Waals surface area contributed by atoms with Gasteiger partial charge in [0.25, 0.3) is 17.7 Å². The molecule has 0 bridgehead atoms. The second-order valence-electron chi connectivity index (χ2n) is 8.41. The van der Waals surface area contributed by atoms with Gasteiger partial charge in [0.05, 0.1) is 11.1 Å². The van der Waals surface area contributed by atoms with E-state index in [9.17, 15) is 19.2 Å². The first kappa shape index (κ1) is 21.7. The minimum absolute atomic E-state index is 0.0272. The lowest BCUT2D eigenvalue weighted by Crippen LogP contribution is -2.46. The average Bonchev–Trinajstić information content (AvgIpc) is 3.04. The smallest absolute Gasteiger partial charge is 0.261 e. The summed E-state index contributed by atoms with van der Waals surface area (Å²) in [5, 5.41) is 3.03. The van der Waals surface area contributed by atoms with Crippen LogP contribution in [0.3, 0.4) is 0 Å². The van der Waals surface area contributed by atoms with E-state index < -0.39 is 0 Å². The maximum Gasteiger partial charge on any atom is 0.261 e. The predicted octanol–water partition coefficient (Wildman–Crippen LogP) is 2.79. The zero-order chi connectivity index (χ0) is 22.7. The van der Waals surface area contributed by atoms with E-state index in [1.54, 1.807) is 24.3 Å². The molecule has 4 amide bonds. The van der Waals surface area contributed by atoms with Crippen LogP contribution in [0.5, 0.6) is 0 Å². The molecule has 0 aromatic heterocycles. The lowest BCUT2D eigenvalue weighted by molar-refractivity contribution is -0.122. The van der Waals surface area contributed by atoms with Crippen molar-refractivity contribution in [2.75, 3.05) is 19.6 Å². The number of amides is 4. The fraction of sp³-hybridized carbons (Fsp3) is 0.360. The zero-order valence-electron chi connectivity index (χ0n) is 18.2. The highest BCUT2D eigenvalue weighted by Crippen LogP contribution is 2.22. The minimum atomic E-state index is -0.295. The van der Waals surface area contributed by atoms with E-state index in [0.29, 0.717) is 49.0 Å². The number of piperidine rings is 1. The van der Waals surface area contributed by atoms with Gasteiger partial charge in [0, 0.05) is 37.7 Å². The topological polar surface area (TPSA) is 86.8 Å². The molecule has 0 aliphatic carbocycles. The number of imide groups is 1. The van der Waals surface area contributed by atoms with Crippen molar-refractivity contribution in [3.05, 3.63) is 70.8 Å². The fourth-order valence-corrected chi connectivity index (χ4v) is 4.33. The number of carbonyl (C=O) groups is 4. The van der Waals surface area contributed by atoms with Gasteiger partial charge in [-0.25, -0.2) is 0 Å². The quantitative estimate of drug-likeness (QED) is 0.710. The highest BCUT2D eigenvalue weighted by molar-refractivity contribution is 6.21. The highest BCUT2D eigenvalue weighted by Gasteiger charge is 2.34. The Bertz CT molecular complexity index is 1020. The SMILES string of the molecule is Cc1cccc(C(=O)N2CCC(NC(=O)CCCN3C(=O)c4ccccc4C3=O)CC2)c1. The summed E-state index contributed by atoms with van der Waals surface area (Å²) in [6, 6.07) is 14.4. The van der Waals surface area contributed by atoms with Crippen LogP contribution >= 0.6 is 0 Å². The van der Waals surface area contributed by atoms with Crippen LogP contribution in [0.15, 0.2) is 48.5 Å². The monoisotopic (exact) mass is 433 g/mol. The molecule has 7 heteroatoms. The van der Waals surface area contributed by atoms with Crippen LogP contribution in [0.2, 0.25) is 0 Å². The lowest BCUT2D eigenvalue weighted by atomic mass is 10.0.